The van der Waals surface area contributed by atoms with Crippen molar-refractivity contribution in [3.8, 4) is 0 Å². The summed E-state index contributed by atoms with van der Waals surface area (Å²) < 4.78 is 1.75. The summed E-state index contributed by atoms with van der Waals surface area (Å²) in [5.41, 5.74) is 1.50. The average molecular weight is 235 g/mol. The lowest BCUT2D eigenvalue weighted by Gasteiger charge is -2.12. The second-order valence-corrected chi connectivity index (χ2v) is 4.01. The molecule has 1 heterocycles. The highest BCUT2D eigenvalue weighted by Gasteiger charge is 2.09. The molecule has 0 saturated carbocycles. The van der Waals surface area contributed by atoms with E-state index in [0.29, 0.717) is 10.7 Å². The number of aromatic nitrogens is 2. The fourth-order valence-electron chi connectivity index (χ4n) is 1.55. The Kier molecular flexibility index (Phi) is 3.06. The molecule has 0 spiro atoms. The Morgan fingerprint density at radius 1 is 1.44 bits per heavy atom. The SMILES string of the molecule is CC(c1cccc(Cl)c1)n1ccc(C=O)n1. The van der Waals surface area contributed by atoms with Gasteiger partial charge in [0.25, 0.3) is 0 Å². The summed E-state index contributed by atoms with van der Waals surface area (Å²) in [6, 6.07) is 9.37. The fraction of sp³-hybridized carbons (Fsp3) is 0.167. The highest BCUT2D eigenvalue weighted by Crippen LogP contribution is 2.20. The number of benzene rings is 1. The normalized spacial score (nSPS) is 12.4. The van der Waals surface area contributed by atoms with Crippen LogP contribution in [0.3, 0.4) is 0 Å². The van der Waals surface area contributed by atoms with Gasteiger partial charge in [-0.15, -0.1) is 0 Å². The minimum Gasteiger partial charge on any atom is -0.296 e. The van der Waals surface area contributed by atoms with Crippen molar-refractivity contribution in [2.45, 2.75) is 13.0 Å². The van der Waals surface area contributed by atoms with E-state index in [1.807, 2.05) is 31.2 Å². The first-order valence-electron chi connectivity index (χ1n) is 4.96. The van der Waals surface area contributed by atoms with Gasteiger partial charge in [0.05, 0.1) is 6.04 Å². The first-order chi connectivity index (χ1) is 7.70. The molecule has 0 saturated heterocycles. The number of aldehydes is 1. The molecule has 1 unspecified atom stereocenters. The molecule has 0 fully saturated rings. The topological polar surface area (TPSA) is 34.9 Å². The molecule has 0 radical (unpaired) electrons. The Balaban J connectivity index is 2.31. The Morgan fingerprint density at radius 3 is 2.88 bits per heavy atom. The van der Waals surface area contributed by atoms with E-state index in [4.69, 9.17) is 11.6 Å². The summed E-state index contributed by atoms with van der Waals surface area (Å²) in [6.07, 6.45) is 2.52. The minimum atomic E-state index is 0.0624. The largest absolute Gasteiger partial charge is 0.296 e. The molecular weight excluding hydrogens is 224 g/mol. The Morgan fingerprint density at radius 2 is 2.25 bits per heavy atom. The maximum Gasteiger partial charge on any atom is 0.170 e. The number of carbonyl (C=O) groups excluding carboxylic acids is 1. The second kappa shape index (κ2) is 4.49. The highest BCUT2D eigenvalue weighted by molar-refractivity contribution is 6.30. The third-order valence-corrected chi connectivity index (χ3v) is 2.71. The van der Waals surface area contributed by atoms with Crippen LogP contribution in [-0.2, 0) is 0 Å². The maximum atomic E-state index is 10.5. The van der Waals surface area contributed by atoms with Gasteiger partial charge < -0.3 is 0 Å². The Hall–Kier alpha value is -1.61. The molecule has 0 aliphatic rings. The smallest absolute Gasteiger partial charge is 0.170 e. The lowest BCUT2D eigenvalue weighted by Crippen LogP contribution is -2.07. The van der Waals surface area contributed by atoms with Crippen molar-refractivity contribution in [1.82, 2.24) is 9.78 Å². The minimum absolute atomic E-state index is 0.0624. The molecule has 1 atom stereocenters. The van der Waals surface area contributed by atoms with Crippen LogP contribution in [0.1, 0.15) is 29.0 Å². The van der Waals surface area contributed by atoms with Gasteiger partial charge in [0.2, 0.25) is 0 Å². The maximum absolute atomic E-state index is 10.5. The third-order valence-electron chi connectivity index (χ3n) is 2.48. The standard InChI is InChI=1S/C12H11ClN2O/c1-9(10-3-2-4-11(13)7-10)15-6-5-12(8-16)14-15/h2-9H,1H3. The molecule has 82 valence electrons. The predicted octanol–water partition coefficient (Wildman–Crippen LogP) is 2.96. The number of hydrogen-bond acceptors (Lipinski definition) is 2. The van der Waals surface area contributed by atoms with Crippen LogP contribution in [0.15, 0.2) is 36.5 Å². The molecular formula is C12H11ClN2O. The summed E-state index contributed by atoms with van der Waals surface area (Å²) >= 11 is 5.92. The van der Waals surface area contributed by atoms with Crippen molar-refractivity contribution in [3.63, 3.8) is 0 Å². The third kappa shape index (κ3) is 2.14. The van der Waals surface area contributed by atoms with Crippen molar-refractivity contribution in [3.05, 3.63) is 52.8 Å². The van der Waals surface area contributed by atoms with Gasteiger partial charge in [-0.3, -0.25) is 9.48 Å². The summed E-state index contributed by atoms with van der Waals surface area (Å²) in [7, 11) is 0. The van der Waals surface area contributed by atoms with E-state index in [1.54, 1.807) is 16.9 Å². The molecule has 2 aromatic rings. The van der Waals surface area contributed by atoms with Crippen LogP contribution < -0.4 is 0 Å². The fourth-order valence-corrected chi connectivity index (χ4v) is 1.75. The van der Waals surface area contributed by atoms with Gasteiger partial charge >= 0.3 is 0 Å². The van der Waals surface area contributed by atoms with E-state index >= 15 is 0 Å². The molecule has 0 amide bonds. The van der Waals surface area contributed by atoms with Crippen molar-refractivity contribution >= 4 is 17.9 Å². The van der Waals surface area contributed by atoms with Gasteiger partial charge in [-0.25, -0.2) is 0 Å². The van der Waals surface area contributed by atoms with E-state index in [0.717, 1.165) is 11.8 Å². The van der Waals surface area contributed by atoms with Crippen molar-refractivity contribution in [2.24, 2.45) is 0 Å². The number of halogens is 1. The molecule has 0 bridgehead atoms. The van der Waals surface area contributed by atoms with Crippen LogP contribution in [0, 0.1) is 0 Å². The summed E-state index contributed by atoms with van der Waals surface area (Å²) in [4.78, 5) is 10.5. The van der Waals surface area contributed by atoms with Gasteiger partial charge in [-0.1, -0.05) is 23.7 Å². The zero-order valence-corrected chi connectivity index (χ0v) is 9.56. The highest BCUT2D eigenvalue weighted by atomic mass is 35.5. The second-order valence-electron chi connectivity index (χ2n) is 3.57. The number of nitrogens with zero attached hydrogens (tertiary/aromatic N) is 2. The van der Waals surface area contributed by atoms with E-state index in [1.165, 1.54) is 0 Å². The zero-order valence-electron chi connectivity index (χ0n) is 8.80. The van der Waals surface area contributed by atoms with Crippen LogP contribution in [0.4, 0.5) is 0 Å². The molecule has 0 N–H and O–H groups in total. The lowest BCUT2D eigenvalue weighted by molar-refractivity contribution is 0.111. The van der Waals surface area contributed by atoms with Gasteiger partial charge in [0.1, 0.15) is 5.69 Å². The molecule has 1 aromatic heterocycles. The molecule has 16 heavy (non-hydrogen) atoms. The van der Waals surface area contributed by atoms with Crippen LogP contribution in [0.2, 0.25) is 5.02 Å². The molecule has 3 nitrogen and oxygen atoms in total. The first-order valence-corrected chi connectivity index (χ1v) is 5.34. The van der Waals surface area contributed by atoms with Gasteiger partial charge in [0, 0.05) is 11.2 Å². The molecule has 1 aromatic carbocycles. The monoisotopic (exact) mass is 234 g/mol. The van der Waals surface area contributed by atoms with Crippen LogP contribution in [-0.4, -0.2) is 16.1 Å². The summed E-state index contributed by atoms with van der Waals surface area (Å²) in [5, 5.41) is 4.84. The van der Waals surface area contributed by atoms with Crippen LogP contribution in [0.5, 0.6) is 0 Å². The van der Waals surface area contributed by atoms with Crippen molar-refractivity contribution in [2.75, 3.05) is 0 Å². The van der Waals surface area contributed by atoms with Crippen molar-refractivity contribution in [1.29, 1.82) is 0 Å². The van der Waals surface area contributed by atoms with E-state index in [9.17, 15) is 4.79 Å². The van der Waals surface area contributed by atoms with Gasteiger partial charge in [-0.2, -0.15) is 5.10 Å². The van der Waals surface area contributed by atoms with Crippen LogP contribution in [0.25, 0.3) is 0 Å². The van der Waals surface area contributed by atoms with Gasteiger partial charge in [0.15, 0.2) is 6.29 Å². The van der Waals surface area contributed by atoms with Gasteiger partial charge in [-0.05, 0) is 30.7 Å². The molecule has 2 rings (SSSR count). The molecule has 4 heteroatoms. The summed E-state index contributed by atoms with van der Waals surface area (Å²) in [5.74, 6) is 0. The first kappa shape index (κ1) is 10.9. The Labute approximate surface area is 98.7 Å². The quantitative estimate of drug-likeness (QED) is 0.766. The predicted molar refractivity (Wildman–Crippen MR) is 62.9 cm³/mol. The summed E-state index contributed by atoms with van der Waals surface area (Å²) in [6.45, 7) is 2.01. The Bertz CT molecular complexity index is 507. The molecule has 0 aliphatic carbocycles. The molecule has 0 aliphatic heterocycles. The lowest BCUT2D eigenvalue weighted by atomic mass is 10.1. The van der Waals surface area contributed by atoms with E-state index < -0.39 is 0 Å². The number of carbonyl (C=O) groups is 1. The number of rotatable bonds is 3. The van der Waals surface area contributed by atoms with E-state index in [2.05, 4.69) is 5.10 Å². The number of hydrogen-bond donors (Lipinski definition) is 0. The van der Waals surface area contributed by atoms with Crippen molar-refractivity contribution < 1.29 is 4.79 Å². The zero-order chi connectivity index (χ0) is 11.5. The van der Waals surface area contributed by atoms with E-state index in [-0.39, 0.29) is 6.04 Å². The van der Waals surface area contributed by atoms with Crippen LogP contribution >= 0.6 is 11.6 Å². The average Bonchev–Trinajstić information content (AvgIpc) is 2.76.